The van der Waals surface area contributed by atoms with Gasteiger partial charge >= 0.3 is 0 Å². The largest absolute Gasteiger partial charge is 0.395 e. The molecule has 0 aromatic rings. The Bertz CT molecular complexity index is 130. The first-order chi connectivity index (χ1) is 5.77. The van der Waals surface area contributed by atoms with E-state index in [1.807, 2.05) is 0 Å². The zero-order valence-corrected chi connectivity index (χ0v) is 7.87. The van der Waals surface area contributed by atoms with Crippen molar-refractivity contribution >= 4 is 0 Å². The summed E-state index contributed by atoms with van der Waals surface area (Å²) < 4.78 is 0. The van der Waals surface area contributed by atoms with Crippen molar-refractivity contribution in [3.63, 3.8) is 0 Å². The zero-order chi connectivity index (χ0) is 8.97. The molecule has 1 aliphatic heterocycles. The van der Waals surface area contributed by atoms with Gasteiger partial charge in [0.25, 0.3) is 0 Å². The number of nitrogens with two attached hydrogens (primary N) is 1. The highest BCUT2D eigenvalue weighted by Crippen LogP contribution is 2.17. The third kappa shape index (κ3) is 2.44. The van der Waals surface area contributed by atoms with Crippen LogP contribution in [0.4, 0.5) is 0 Å². The smallest absolute Gasteiger partial charge is 0.0558 e. The van der Waals surface area contributed by atoms with Crippen molar-refractivity contribution < 1.29 is 5.11 Å². The van der Waals surface area contributed by atoms with Crippen molar-refractivity contribution in [1.82, 2.24) is 4.90 Å². The number of nitrogens with zero attached hydrogens (tertiary/aromatic N) is 1. The number of hydrogen-bond donors (Lipinski definition) is 2. The highest BCUT2D eigenvalue weighted by atomic mass is 16.3. The van der Waals surface area contributed by atoms with Gasteiger partial charge in [0, 0.05) is 19.1 Å². The molecule has 1 saturated heterocycles. The molecule has 0 saturated carbocycles. The van der Waals surface area contributed by atoms with Crippen LogP contribution in [0, 0.1) is 5.92 Å². The summed E-state index contributed by atoms with van der Waals surface area (Å²) >= 11 is 0. The molecular weight excluding hydrogens is 152 g/mol. The number of β-amino-alcohol motifs (C(OH)–C–C–N with tert-alkyl or cyclic N) is 1. The number of hydrogen-bond acceptors (Lipinski definition) is 3. The lowest BCUT2D eigenvalue weighted by Crippen LogP contribution is -2.47. The van der Waals surface area contributed by atoms with Crippen molar-refractivity contribution in [2.45, 2.75) is 25.8 Å². The van der Waals surface area contributed by atoms with E-state index in [0.717, 1.165) is 32.5 Å². The molecule has 1 aliphatic rings. The van der Waals surface area contributed by atoms with Gasteiger partial charge in [0.1, 0.15) is 0 Å². The molecule has 1 heterocycles. The zero-order valence-electron chi connectivity index (χ0n) is 7.87. The van der Waals surface area contributed by atoms with Crippen LogP contribution in [0.15, 0.2) is 0 Å². The van der Waals surface area contributed by atoms with E-state index in [1.165, 1.54) is 0 Å². The molecule has 0 aromatic carbocycles. The van der Waals surface area contributed by atoms with Crippen molar-refractivity contribution in [2.24, 2.45) is 11.7 Å². The molecule has 0 bridgehead atoms. The maximum Gasteiger partial charge on any atom is 0.0558 e. The summed E-state index contributed by atoms with van der Waals surface area (Å²) in [7, 11) is 0. The number of likely N-dealkylation sites (tertiary alicyclic amines) is 1. The maximum absolute atomic E-state index is 8.77. The van der Waals surface area contributed by atoms with Crippen molar-refractivity contribution in [3.05, 3.63) is 0 Å². The normalized spacial score (nSPS) is 32.2. The van der Waals surface area contributed by atoms with Gasteiger partial charge in [-0.05, 0) is 18.9 Å². The summed E-state index contributed by atoms with van der Waals surface area (Å²) in [4.78, 5) is 2.30. The van der Waals surface area contributed by atoms with E-state index < -0.39 is 0 Å². The van der Waals surface area contributed by atoms with Gasteiger partial charge in [-0.15, -0.1) is 0 Å². The number of aliphatic hydroxyl groups excluding tert-OH is 1. The summed E-state index contributed by atoms with van der Waals surface area (Å²) in [6, 6.07) is 0.380. The number of piperidine rings is 1. The average molecular weight is 172 g/mol. The second-order valence-electron chi connectivity index (χ2n) is 3.65. The summed E-state index contributed by atoms with van der Waals surface area (Å²) in [5.41, 5.74) is 5.96. The van der Waals surface area contributed by atoms with E-state index in [4.69, 9.17) is 10.8 Å². The van der Waals surface area contributed by atoms with Crippen LogP contribution in [0.2, 0.25) is 0 Å². The fraction of sp³-hybridized carbons (Fsp3) is 1.00. The molecule has 2 unspecified atom stereocenters. The molecular formula is C9H20N2O. The average Bonchev–Trinajstić information content (AvgIpc) is 2.09. The molecule has 3 nitrogen and oxygen atoms in total. The lowest BCUT2D eigenvalue weighted by atomic mass is 9.91. The predicted octanol–water partition coefficient (Wildman–Crippen LogP) is 0.0379. The highest BCUT2D eigenvalue weighted by molar-refractivity contribution is 4.81. The third-order valence-corrected chi connectivity index (χ3v) is 2.82. The summed E-state index contributed by atoms with van der Waals surface area (Å²) in [5, 5.41) is 8.77. The second-order valence-corrected chi connectivity index (χ2v) is 3.65. The minimum atomic E-state index is 0.270. The predicted molar refractivity (Wildman–Crippen MR) is 49.9 cm³/mol. The fourth-order valence-electron chi connectivity index (χ4n) is 1.90. The van der Waals surface area contributed by atoms with Crippen LogP contribution >= 0.6 is 0 Å². The van der Waals surface area contributed by atoms with Crippen LogP contribution in [0.1, 0.15) is 19.8 Å². The Hall–Kier alpha value is -0.120. The molecule has 0 amide bonds. The molecule has 3 N–H and O–H groups in total. The van der Waals surface area contributed by atoms with Gasteiger partial charge in [-0.2, -0.15) is 0 Å². The summed E-state index contributed by atoms with van der Waals surface area (Å²) in [6.07, 6.45) is 2.24. The molecule has 2 atom stereocenters. The van der Waals surface area contributed by atoms with Crippen LogP contribution in [-0.4, -0.2) is 42.3 Å². The van der Waals surface area contributed by atoms with Crippen LogP contribution < -0.4 is 5.73 Å². The molecule has 12 heavy (non-hydrogen) atoms. The van der Waals surface area contributed by atoms with Gasteiger partial charge in [-0.25, -0.2) is 0 Å². The number of aliphatic hydroxyl groups is 1. The van der Waals surface area contributed by atoms with E-state index in [1.54, 1.807) is 0 Å². The van der Waals surface area contributed by atoms with E-state index in [-0.39, 0.29) is 6.61 Å². The quantitative estimate of drug-likeness (QED) is 0.632. The van der Waals surface area contributed by atoms with Crippen molar-refractivity contribution in [2.75, 3.05) is 26.2 Å². The van der Waals surface area contributed by atoms with Gasteiger partial charge in [0.2, 0.25) is 0 Å². The summed E-state index contributed by atoms with van der Waals surface area (Å²) in [5.74, 6) is 0.630. The molecule has 72 valence electrons. The van der Waals surface area contributed by atoms with Crippen LogP contribution in [0.3, 0.4) is 0 Å². The molecule has 1 rings (SSSR count). The van der Waals surface area contributed by atoms with E-state index in [9.17, 15) is 0 Å². The maximum atomic E-state index is 8.77. The Morgan fingerprint density at radius 1 is 1.58 bits per heavy atom. The molecule has 1 fully saturated rings. The van der Waals surface area contributed by atoms with E-state index in [0.29, 0.717) is 12.0 Å². The molecule has 0 radical (unpaired) electrons. The lowest BCUT2D eigenvalue weighted by molar-refractivity contribution is 0.124. The SMILES string of the molecule is CCC1CN(CCO)CCC1N. The first-order valence-corrected chi connectivity index (χ1v) is 4.86. The van der Waals surface area contributed by atoms with Gasteiger partial charge < -0.3 is 15.7 Å². The minimum absolute atomic E-state index is 0.270. The van der Waals surface area contributed by atoms with Gasteiger partial charge in [0.05, 0.1) is 6.61 Å². The Balaban J connectivity index is 2.33. The minimum Gasteiger partial charge on any atom is -0.395 e. The topological polar surface area (TPSA) is 49.5 Å². The Morgan fingerprint density at radius 2 is 2.33 bits per heavy atom. The van der Waals surface area contributed by atoms with Crippen LogP contribution in [0.5, 0.6) is 0 Å². The third-order valence-electron chi connectivity index (χ3n) is 2.82. The summed E-state index contributed by atoms with van der Waals surface area (Å²) in [6.45, 7) is 5.39. The van der Waals surface area contributed by atoms with Crippen LogP contribution in [0.25, 0.3) is 0 Å². The standard InChI is InChI=1S/C9H20N2O/c1-2-8-7-11(5-6-12)4-3-9(8)10/h8-9,12H,2-7,10H2,1H3. The Labute approximate surface area is 74.5 Å². The molecule has 3 heteroatoms. The number of rotatable bonds is 3. The fourth-order valence-corrected chi connectivity index (χ4v) is 1.90. The highest BCUT2D eigenvalue weighted by Gasteiger charge is 2.24. The molecule has 0 spiro atoms. The molecule has 0 aromatic heterocycles. The lowest BCUT2D eigenvalue weighted by Gasteiger charge is -2.36. The van der Waals surface area contributed by atoms with E-state index >= 15 is 0 Å². The van der Waals surface area contributed by atoms with Crippen LogP contribution in [-0.2, 0) is 0 Å². The second kappa shape index (κ2) is 4.80. The van der Waals surface area contributed by atoms with Gasteiger partial charge in [0.15, 0.2) is 0 Å². The first-order valence-electron chi connectivity index (χ1n) is 4.86. The van der Waals surface area contributed by atoms with Crippen molar-refractivity contribution in [1.29, 1.82) is 0 Å². The monoisotopic (exact) mass is 172 g/mol. The molecule has 0 aliphatic carbocycles. The van der Waals surface area contributed by atoms with Gasteiger partial charge in [-0.1, -0.05) is 13.3 Å². The van der Waals surface area contributed by atoms with Crippen molar-refractivity contribution in [3.8, 4) is 0 Å². The first kappa shape index (κ1) is 9.96. The Morgan fingerprint density at radius 3 is 2.92 bits per heavy atom. The van der Waals surface area contributed by atoms with E-state index in [2.05, 4.69) is 11.8 Å². The Kier molecular flexibility index (Phi) is 3.98. The van der Waals surface area contributed by atoms with Gasteiger partial charge in [-0.3, -0.25) is 0 Å².